The highest BCUT2D eigenvalue weighted by atomic mass is 19.1. The monoisotopic (exact) mass is 464 g/mol. The first-order valence-electron chi connectivity index (χ1n) is 11.5. The smallest absolute Gasteiger partial charge is 0.229 e. The summed E-state index contributed by atoms with van der Waals surface area (Å²) in [6, 6.07) is 9.65. The van der Waals surface area contributed by atoms with Gasteiger partial charge in [0.15, 0.2) is 11.6 Å². The molecule has 0 aliphatic carbocycles. The number of benzene rings is 1. The van der Waals surface area contributed by atoms with Crippen LogP contribution in [0.25, 0.3) is 11.1 Å². The molecule has 0 saturated carbocycles. The lowest BCUT2D eigenvalue weighted by atomic mass is 9.77. The number of rotatable bonds is 6. The molecule has 7 nitrogen and oxygen atoms in total. The van der Waals surface area contributed by atoms with Gasteiger partial charge in [0.05, 0.1) is 13.3 Å². The standard InChI is InChI=1S/C26H33FN6O/c1-25(2)14-19(15-26(3,4)33(25)5)30-23-21(27)16-29-24(32-23)31-18-7-8-22(34-6)20(13-18)17-9-11-28-12-10-17/h7-13,16,19H,14-15H2,1-6H3,(H2,29,30,31,32). The number of halogens is 1. The second-order valence-corrected chi connectivity index (χ2v) is 10.1. The van der Waals surface area contributed by atoms with Gasteiger partial charge in [-0.25, -0.2) is 9.37 Å². The lowest BCUT2D eigenvalue weighted by molar-refractivity contribution is -0.00778. The number of hydrogen-bond donors (Lipinski definition) is 2. The second-order valence-electron chi connectivity index (χ2n) is 10.1. The number of hydrogen-bond acceptors (Lipinski definition) is 7. The molecule has 0 bridgehead atoms. The van der Waals surface area contributed by atoms with Gasteiger partial charge in [0.25, 0.3) is 0 Å². The minimum atomic E-state index is -0.465. The Labute approximate surface area is 200 Å². The van der Waals surface area contributed by atoms with Crippen LogP contribution >= 0.6 is 0 Å². The van der Waals surface area contributed by atoms with Crippen molar-refractivity contribution < 1.29 is 9.13 Å². The number of anilines is 3. The number of methoxy groups -OCH3 is 1. The minimum absolute atomic E-state index is 0.0174. The van der Waals surface area contributed by atoms with Crippen molar-refractivity contribution in [2.24, 2.45) is 0 Å². The molecule has 4 rings (SSSR count). The summed E-state index contributed by atoms with van der Waals surface area (Å²) < 4.78 is 20.2. The third-order valence-electron chi connectivity index (χ3n) is 6.84. The van der Waals surface area contributed by atoms with E-state index in [-0.39, 0.29) is 22.9 Å². The largest absolute Gasteiger partial charge is 0.496 e. The quantitative estimate of drug-likeness (QED) is 0.499. The van der Waals surface area contributed by atoms with Gasteiger partial charge in [0, 0.05) is 40.8 Å². The summed E-state index contributed by atoms with van der Waals surface area (Å²) >= 11 is 0. The first-order valence-corrected chi connectivity index (χ1v) is 11.5. The van der Waals surface area contributed by atoms with Crippen molar-refractivity contribution in [3.8, 4) is 16.9 Å². The van der Waals surface area contributed by atoms with Gasteiger partial charge in [-0.05, 0) is 83.5 Å². The maximum Gasteiger partial charge on any atom is 0.229 e. The number of ether oxygens (including phenoxy) is 1. The number of piperidine rings is 1. The summed E-state index contributed by atoms with van der Waals surface area (Å²) in [5, 5.41) is 6.54. The van der Waals surface area contributed by atoms with Gasteiger partial charge < -0.3 is 15.4 Å². The molecule has 8 heteroatoms. The lowest BCUT2D eigenvalue weighted by Crippen LogP contribution is -2.61. The zero-order valence-corrected chi connectivity index (χ0v) is 20.7. The maximum atomic E-state index is 14.7. The van der Waals surface area contributed by atoms with Crippen molar-refractivity contribution in [2.45, 2.75) is 57.7 Å². The molecule has 0 radical (unpaired) electrons. The molecule has 3 aromatic rings. The number of pyridine rings is 1. The highest BCUT2D eigenvalue weighted by Gasteiger charge is 2.43. The molecular weight excluding hydrogens is 431 g/mol. The van der Waals surface area contributed by atoms with Crippen LogP contribution in [0.3, 0.4) is 0 Å². The Bertz CT molecular complexity index is 1130. The van der Waals surface area contributed by atoms with Crippen LogP contribution in [-0.2, 0) is 0 Å². The molecule has 0 atom stereocenters. The zero-order chi connectivity index (χ0) is 24.5. The molecule has 1 aliphatic rings. The van der Waals surface area contributed by atoms with Gasteiger partial charge >= 0.3 is 0 Å². The number of nitrogens with one attached hydrogen (secondary N) is 2. The van der Waals surface area contributed by atoms with Crippen molar-refractivity contribution in [3.63, 3.8) is 0 Å². The second kappa shape index (κ2) is 9.18. The van der Waals surface area contributed by atoms with Crippen molar-refractivity contribution in [1.29, 1.82) is 0 Å². The van der Waals surface area contributed by atoms with Gasteiger partial charge in [-0.15, -0.1) is 0 Å². The Kier molecular flexibility index (Phi) is 6.45. The lowest BCUT2D eigenvalue weighted by Gasteiger charge is -2.53. The Morgan fingerprint density at radius 2 is 1.74 bits per heavy atom. The van der Waals surface area contributed by atoms with E-state index in [0.29, 0.717) is 5.95 Å². The molecule has 1 fully saturated rings. The third kappa shape index (κ3) is 4.97. The Balaban J connectivity index is 1.56. The SMILES string of the molecule is COc1ccc(Nc2ncc(F)c(NC3CC(C)(C)N(C)C(C)(C)C3)n2)cc1-c1ccncc1. The maximum absolute atomic E-state index is 14.7. The topological polar surface area (TPSA) is 75.2 Å². The molecule has 34 heavy (non-hydrogen) atoms. The minimum Gasteiger partial charge on any atom is -0.496 e. The van der Waals surface area contributed by atoms with E-state index in [2.05, 4.69) is 65.2 Å². The van der Waals surface area contributed by atoms with Crippen LogP contribution in [0.15, 0.2) is 48.9 Å². The third-order valence-corrected chi connectivity index (χ3v) is 6.84. The Hall–Kier alpha value is -3.26. The molecule has 2 N–H and O–H groups in total. The summed E-state index contributed by atoms with van der Waals surface area (Å²) in [5.41, 5.74) is 2.62. The average Bonchev–Trinajstić information content (AvgIpc) is 2.80. The highest BCUT2D eigenvalue weighted by Crippen LogP contribution is 2.38. The molecule has 1 aliphatic heterocycles. The van der Waals surface area contributed by atoms with Crippen molar-refractivity contribution in [1.82, 2.24) is 19.9 Å². The molecule has 2 aromatic heterocycles. The number of likely N-dealkylation sites (tertiary alicyclic amines) is 1. The Morgan fingerprint density at radius 3 is 2.38 bits per heavy atom. The normalized spacial score (nSPS) is 17.9. The van der Waals surface area contributed by atoms with Crippen LogP contribution in [0.1, 0.15) is 40.5 Å². The fraction of sp³-hybridized carbons (Fsp3) is 0.423. The van der Waals surface area contributed by atoms with Crippen LogP contribution in [-0.4, -0.2) is 51.1 Å². The van der Waals surface area contributed by atoms with Crippen LogP contribution < -0.4 is 15.4 Å². The Morgan fingerprint density at radius 1 is 1.06 bits per heavy atom. The van der Waals surface area contributed by atoms with Gasteiger partial charge in [0.1, 0.15) is 5.75 Å². The molecule has 1 saturated heterocycles. The van der Waals surface area contributed by atoms with E-state index >= 15 is 0 Å². The molecular formula is C26H33FN6O. The van der Waals surface area contributed by atoms with E-state index < -0.39 is 5.82 Å². The van der Waals surface area contributed by atoms with Crippen molar-refractivity contribution in [3.05, 3.63) is 54.7 Å². The van der Waals surface area contributed by atoms with Crippen LogP contribution in [0.5, 0.6) is 5.75 Å². The van der Waals surface area contributed by atoms with Gasteiger partial charge in [-0.2, -0.15) is 4.98 Å². The molecule has 0 amide bonds. The van der Waals surface area contributed by atoms with Crippen LogP contribution in [0.4, 0.5) is 21.8 Å². The first kappa shape index (κ1) is 23.9. The first-order chi connectivity index (χ1) is 16.1. The predicted octanol–water partition coefficient (Wildman–Crippen LogP) is 5.49. The van der Waals surface area contributed by atoms with Gasteiger partial charge in [-0.1, -0.05) is 0 Å². The van der Waals surface area contributed by atoms with E-state index in [1.807, 2.05) is 30.3 Å². The summed E-state index contributed by atoms with van der Waals surface area (Å²) in [4.78, 5) is 15.1. The summed E-state index contributed by atoms with van der Waals surface area (Å²) in [6.07, 6.45) is 6.44. The molecule has 3 heterocycles. The van der Waals surface area contributed by atoms with Crippen molar-refractivity contribution >= 4 is 17.5 Å². The molecule has 0 spiro atoms. The van der Waals surface area contributed by atoms with E-state index in [4.69, 9.17) is 4.74 Å². The van der Waals surface area contributed by atoms with Crippen molar-refractivity contribution in [2.75, 3.05) is 24.8 Å². The molecule has 0 unspecified atom stereocenters. The number of aromatic nitrogens is 3. The number of nitrogens with zero attached hydrogens (tertiary/aromatic N) is 4. The van der Waals surface area contributed by atoms with Crippen LogP contribution in [0.2, 0.25) is 0 Å². The van der Waals surface area contributed by atoms with E-state index in [1.54, 1.807) is 19.5 Å². The van der Waals surface area contributed by atoms with E-state index in [0.717, 1.165) is 35.4 Å². The molecule has 180 valence electrons. The summed E-state index contributed by atoms with van der Waals surface area (Å²) in [7, 11) is 3.79. The predicted molar refractivity (Wildman–Crippen MR) is 134 cm³/mol. The summed E-state index contributed by atoms with van der Waals surface area (Å²) in [6.45, 7) is 8.87. The van der Waals surface area contributed by atoms with Gasteiger partial charge in [-0.3, -0.25) is 9.88 Å². The van der Waals surface area contributed by atoms with Gasteiger partial charge in [0.2, 0.25) is 5.95 Å². The summed E-state index contributed by atoms with van der Waals surface area (Å²) in [5.74, 6) is 0.807. The fourth-order valence-electron chi connectivity index (χ4n) is 4.87. The van der Waals surface area contributed by atoms with Crippen LogP contribution in [0, 0.1) is 5.82 Å². The van der Waals surface area contributed by atoms with E-state index in [1.165, 1.54) is 6.20 Å². The molecule has 1 aromatic carbocycles. The highest BCUT2D eigenvalue weighted by molar-refractivity contribution is 5.75. The zero-order valence-electron chi connectivity index (χ0n) is 20.7. The average molecular weight is 465 g/mol. The fourth-order valence-corrected chi connectivity index (χ4v) is 4.87. The van der Waals surface area contributed by atoms with E-state index in [9.17, 15) is 4.39 Å².